The lowest BCUT2D eigenvalue weighted by molar-refractivity contribution is 0.0421. The fourth-order valence-electron chi connectivity index (χ4n) is 1.20. The fraction of sp³-hybridized carbons (Fsp3) is 0.538. The van der Waals surface area contributed by atoms with Gasteiger partial charge in [0.05, 0.1) is 12.7 Å². The molecule has 1 unspecified atom stereocenters. The van der Waals surface area contributed by atoms with E-state index in [9.17, 15) is 4.39 Å². The van der Waals surface area contributed by atoms with Crippen molar-refractivity contribution in [3.05, 3.63) is 30.1 Å². The zero-order valence-corrected chi connectivity index (χ0v) is 10.2. The zero-order chi connectivity index (χ0) is 12.0. The Morgan fingerprint density at radius 2 is 1.81 bits per heavy atom. The van der Waals surface area contributed by atoms with E-state index in [-0.39, 0.29) is 11.9 Å². The van der Waals surface area contributed by atoms with E-state index in [2.05, 4.69) is 26.1 Å². The van der Waals surface area contributed by atoms with Gasteiger partial charge in [0.25, 0.3) is 0 Å². The van der Waals surface area contributed by atoms with E-state index in [1.54, 1.807) is 12.1 Å². The highest BCUT2D eigenvalue weighted by Gasteiger charge is 2.05. The molecular formula is C13H20FNO. The first-order valence-electron chi connectivity index (χ1n) is 5.70. The van der Waals surface area contributed by atoms with Crippen molar-refractivity contribution >= 4 is 5.69 Å². The van der Waals surface area contributed by atoms with Gasteiger partial charge in [-0.25, -0.2) is 4.39 Å². The second kappa shape index (κ2) is 6.48. The molecule has 0 amide bonds. The van der Waals surface area contributed by atoms with Crippen molar-refractivity contribution in [3.63, 3.8) is 0 Å². The normalized spacial score (nSPS) is 12.8. The lowest BCUT2D eigenvalue weighted by Crippen LogP contribution is -2.19. The Morgan fingerprint density at radius 3 is 2.38 bits per heavy atom. The molecule has 1 aromatic carbocycles. The Labute approximate surface area is 96.8 Å². The van der Waals surface area contributed by atoms with Crippen LogP contribution in [0.25, 0.3) is 0 Å². The number of halogens is 1. The van der Waals surface area contributed by atoms with Crippen LogP contribution in [0.2, 0.25) is 0 Å². The van der Waals surface area contributed by atoms with E-state index in [1.807, 2.05) is 0 Å². The first-order chi connectivity index (χ1) is 7.59. The van der Waals surface area contributed by atoms with E-state index >= 15 is 0 Å². The number of hydrogen-bond acceptors (Lipinski definition) is 2. The third kappa shape index (κ3) is 4.62. The van der Waals surface area contributed by atoms with Crippen molar-refractivity contribution in [1.29, 1.82) is 0 Å². The molecule has 0 aliphatic heterocycles. The maximum Gasteiger partial charge on any atom is 0.123 e. The highest BCUT2D eigenvalue weighted by atomic mass is 19.1. The molecule has 3 heteroatoms. The van der Waals surface area contributed by atoms with Gasteiger partial charge in [0, 0.05) is 12.2 Å². The van der Waals surface area contributed by atoms with Crippen LogP contribution in [-0.4, -0.2) is 19.3 Å². The molecule has 0 aliphatic rings. The van der Waals surface area contributed by atoms with Gasteiger partial charge >= 0.3 is 0 Å². The van der Waals surface area contributed by atoms with Crippen LogP contribution in [0, 0.1) is 11.7 Å². The predicted molar refractivity (Wildman–Crippen MR) is 65.1 cm³/mol. The SMILES string of the molecule is CC(C)C(C)OCCNc1ccc(F)cc1. The third-order valence-corrected chi connectivity index (χ3v) is 2.59. The smallest absolute Gasteiger partial charge is 0.123 e. The van der Waals surface area contributed by atoms with Crippen LogP contribution in [0.5, 0.6) is 0 Å². The number of rotatable bonds is 6. The second-order valence-corrected chi connectivity index (χ2v) is 4.25. The summed E-state index contributed by atoms with van der Waals surface area (Å²) in [5.41, 5.74) is 0.919. The van der Waals surface area contributed by atoms with Crippen LogP contribution >= 0.6 is 0 Å². The molecule has 0 aliphatic carbocycles. The highest BCUT2D eigenvalue weighted by molar-refractivity contribution is 5.42. The molecule has 0 heterocycles. The van der Waals surface area contributed by atoms with E-state index in [1.165, 1.54) is 12.1 Å². The maximum absolute atomic E-state index is 12.6. The predicted octanol–water partition coefficient (Wildman–Crippen LogP) is 3.30. The number of hydrogen-bond donors (Lipinski definition) is 1. The van der Waals surface area contributed by atoms with Gasteiger partial charge in [0.15, 0.2) is 0 Å². The summed E-state index contributed by atoms with van der Waals surface area (Å²) in [4.78, 5) is 0. The molecule has 0 fully saturated rings. The lowest BCUT2D eigenvalue weighted by atomic mass is 10.1. The molecule has 1 aromatic rings. The molecule has 1 N–H and O–H groups in total. The van der Waals surface area contributed by atoms with Gasteiger partial charge in [-0.3, -0.25) is 0 Å². The molecule has 0 radical (unpaired) electrons. The van der Waals surface area contributed by atoms with Gasteiger partial charge in [-0.1, -0.05) is 13.8 Å². The standard InChI is InChI=1S/C13H20FNO/c1-10(2)11(3)16-9-8-15-13-6-4-12(14)5-7-13/h4-7,10-11,15H,8-9H2,1-3H3. The summed E-state index contributed by atoms with van der Waals surface area (Å²) in [6.45, 7) is 7.75. The summed E-state index contributed by atoms with van der Waals surface area (Å²) in [6.07, 6.45) is 0.273. The summed E-state index contributed by atoms with van der Waals surface area (Å²) in [5.74, 6) is 0.320. The van der Waals surface area contributed by atoms with Crippen LogP contribution < -0.4 is 5.32 Å². The average Bonchev–Trinajstić information content (AvgIpc) is 2.26. The summed E-state index contributed by atoms with van der Waals surface area (Å²) < 4.78 is 18.2. The van der Waals surface area contributed by atoms with Gasteiger partial charge in [0.2, 0.25) is 0 Å². The minimum Gasteiger partial charge on any atom is -0.383 e. The number of benzene rings is 1. The van der Waals surface area contributed by atoms with Crippen LogP contribution in [-0.2, 0) is 4.74 Å². The van der Waals surface area contributed by atoms with Gasteiger partial charge in [0.1, 0.15) is 5.82 Å². The molecule has 1 rings (SSSR count). The Bertz CT molecular complexity index is 297. The van der Waals surface area contributed by atoms with Crippen molar-refractivity contribution in [3.8, 4) is 0 Å². The third-order valence-electron chi connectivity index (χ3n) is 2.59. The fourth-order valence-corrected chi connectivity index (χ4v) is 1.20. The van der Waals surface area contributed by atoms with Crippen molar-refractivity contribution in [1.82, 2.24) is 0 Å². The summed E-state index contributed by atoms with van der Waals surface area (Å²) in [5, 5.41) is 3.17. The molecule has 16 heavy (non-hydrogen) atoms. The maximum atomic E-state index is 12.6. The molecule has 0 spiro atoms. The van der Waals surface area contributed by atoms with Crippen molar-refractivity contribution < 1.29 is 9.13 Å². The molecule has 1 atom stereocenters. The Morgan fingerprint density at radius 1 is 1.19 bits per heavy atom. The summed E-state index contributed by atoms with van der Waals surface area (Å²) in [6, 6.07) is 6.34. The van der Waals surface area contributed by atoms with Crippen LogP contribution in [0.4, 0.5) is 10.1 Å². The lowest BCUT2D eigenvalue weighted by Gasteiger charge is -2.16. The highest BCUT2D eigenvalue weighted by Crippen LogP contribution is 2.08. The topological polar surface area (TPSA) is 21.3 Å². The average molecular weight is 225 g/mol. The Hall–Kier alpha value is -1.09. The quantitative estimate of drug-likeness (QED) is 0.750. The van der Waals surface area contributed by atoms with Gasteiger partial charge in [-0.2, -0.15) is 0 Å². The van der Waals surface area contributed by atoms with Crippen molar-refractivity contribution in [2.24, 2.45) is 5.92 Å². The van der Waals surface area contributed by atoms with Crippen LogP contribution in [0.3, 0.4) is 0 Å². The number of anilines is 1. The largest absolute Gasteiger partial charge is 0.383 e. The molecule has 2 nitrogen and oxygen atoms in total. The molecule has 0 saturated heterocycles. The van der Waals surface area contributed by atoms with E-state index < -0.39 is 0 Å². The first kappa shape index (κ1) is 13.0. The zero-order valence-electron chi connectivity index (χ0n) is 10.2. The van der Waals surface area contributed by atoms with Gasteiger partial charge < -0.3 is 10.1 Å². The molecule has 0 saturated carbocycles. The van der Waals surface area contributed by atoms with Crippen molar-refractivity contribution in [2.45, 2.75) is 26.9 Å². The van der Waals surface area contributed by atoms with Gasteiger partial charge in [-0.05, 0) is 37.1 Å². The second-order valence-electron chi connectivity index (χ2n) is 4.25. The Balaban J connectivity index is 2.18. The molecule has 0 bridgehead atoms. The summed E-state index contributed by atoms with van der Waals surface area (Å²) in [7, 11) is 0. The van der Waals surface area contributed by atoms with E-state index in [4.69, 9.17) is 4.74 Å². The number of nitrogens with one attached hydrogen (secondary N) is 1. The minimum absolute atomic E-state index is 0.213. The van der Waals surface area contributed by atoms with Crippen LogP contribution in [0.15, 0.2) is 24.3 Å². The molecule has 90 valence electrons. The molecule has 0 aromatic heterocycles. The monoisotopic (exact) mass is 225 g/mol. The summed E-state index contributed by atoms with van der Waals surface area (Å²) >= 11 is 0. The Kier molecular flexibility index (Phi) is 5.26. The first-order valence-corrected chi connectivity index (χ1v) is 5.70. The number of ether oxygens (including phenoxy) is 1. The van der Waals surface area contributed by atoms with Crippen LogP contribution in [0.1, 0.15) is 20.8 Å². The minimum atomic E-state index is -0.213. The van der Waals surface area contributed by atoms with E-state index in [0.29, 0.717) is 12.5 Å². The molecular weight excluding hydrogens is 205 g/mol. The van der Waals surface area contributed by atoms with Gasteiger partial charge in [-0.15, -0.1) is 0 Å². The van der Waals surface area contributed by atoms with E-state index in [0.717, 1.165) is 12.2 Å². The van der Waals surface area contributed by atoms with Crippen molar-refractivity contribution in [2.75, 3.05) is 18.5 Å².